The second kappa shape index (κ2) is 3.64. The van der Waals surface area contributed by atoms with Gasteiger partial charge in [0.25, 0.3) is 10.1 Å². The van der Waals surface area contributed by atoms with Gasteiger partial charge in [-0.1, -0.05) is 11.6 Å². The second-order valence-corrected chi connectivity index (χ2v) is 4.30. The Hall–Kier alpha value is -0.980. The van der Waals surface area contributed by atoms with Crippen LogP contribution in [0.3, 0.4) is 0 Å². The van der Waals surface area contributed by atoms with E-state index in [-0.39, 0.29) is 16.5 Å². The van der Waals surface area contributed by atoms with E-state index in [4.69, 9.17) is 26.6 Å². The van der Waals surface area contributed by atoms with Crippen LogP contribution in [0.4, 0.5) is 5.69 Å². The summed E-state index contributed by atoms with van der Waals surface area (Å²) in [5.41, 5.74) is 5.53. The molecule has 0 spiro atoms. The molecule has 0 aromatic heterocycles. The maximum absolute atomic E-state index is 10.8. The fraction of sp³-hybridized carbons (Fsp3) is 0.143. The van der Waals surface area contributed by atoms with Crippen molar-refractivity contribution in [2.24, 2.45) is 0 Å². The number of nitrogen functional groups attached to an aromatic ring is 1. The van der Waals surface area contributed by atoms with Gasteiger partial charge in [0.1, 0.15) is 10.6 Å². The Balaban J connectivity index is 3.44. The van der Waals surface area contributed by atoms with Crippen molar-refractivity contribution in [3.05, 3.63) is 17.2 Å². The zero-order valence-electron chi connectivity index (χ0n) is 7.19. The number of rotatable bonds is 2. The lowest BCUT2D eigenvalue weighted by atomic mass is 10.3. The maximum atomic E-state index is 10.8. The summed E-state index contributed by atoms with van der Waals surface area (Å²) in [7, 11) is -2.98. The first-order valence-corrected chi connectivity index (χ1v) is 5.28. The van der Waals surface area contributed by atoms with Gasteiger partial charge in [0.2, 0.25) is 0 Å². The van der Waals surface area contributed by atoms with Gasteiger partial charge in [0.05, 0.1) is 17.8 Å². The first kappa shape index (κ1) is 11.1. The Kier molecular flexibility index (Phi) is 2.89. The lowest BCUT2D eigenvalue weighted by Crippen LogP contribution is -2.02. The van der Waals surface area contributed by atoms with E-state index < -0.39 is 15.0 Å². The standard InChI is InChI=1S/C7H8ClNO4S/c1-13-6-2-4(8)7(3-5(6)9)14(10,11)12/h2-3H,9H2,1H3,(H,10,11,12). The molecule has 0 saturated heterocycles. The highest BCUT2D eigenvalue weighted by Crippen LogP contribution is 2.31. The molecule has 0 aliphatic rings. The van der Waals surface area contributed by atoms with Crippen molar-refractivity contribution in [1.82, 2.24) is 0 Å². The van der Waals surface area contributed by atoms with Gasteiger partial charge in [-0.25, -0.2) is 0 Å². The van der Waals surface area contributed by atoms with Crippen LogP contribution in [-0.2, 0) is 10.1 Å². The van der Waals surface area contributed by atoms with Crippen LogP contribution in [0.25, 0.3) is 0 Å². The van der Waals surface area contributed by atoms with Gasteiger partial charge >= 0.3 is 0 Å². The first-order chi connectivity index (χ1) is 6.36. The van der Waals surface area contributed by atoms with Crippen LogP contribution in [0, 0.1) is 0 Å². The molecule has 0 aliphatic heterocycles. The van der Waals surface area contributed by atoms with E-state index in [1.54, 1.807) is 0 Å². The van der Waals surface area contributed by atoms with E-state index >= 15 is 0 Å². The Labute approximate surface area is 86.2 Å². The molecule has 0 unspecified atom stereocenters. The van der Waals surface area contributed by atoms with Crippen molar-refractivity contribution in [2.45, 2.75) is 4.90 Å². The molecule has 0 bridgehead atoms. The number of anilines is 1. The summed E-state index contributed by atoms with van der Waals surface area (Å²) < 4.78 is 35.1. The molecule has 78 valence electrons. The van der Waals surface area contributed by atoms with Crippen molar-refractivity contribution in [3.8, 4) is 5.75 Å². The molecule has 0 radical (unpaired) electrons. The highest BCUT2D eigenvalue weighted by Gasteiger charge is 2.17. The molecular weight excluding hydrogens is 230 g/mol. The SMILES string of the molecule is COc1cc(Cl)c(S(=O)(=O)O)cc1N. The summed E-state index contributed by atoms with van der Waals surface area (Å²) in [5.74, 6) is 0.252. The van der Waals surface area contributed by atoms with Crippen LogP contribution < -0.4 is 10.5 Å². The third-order valence-corrected chi connectivity index (χ3v) is 2.88. The predicted octanol–water partition coefficient (Wildman–Crippen LogP) is 1.18. The summed E-state index contributed by atoms with van der Waals surface area (Å²) in [6, 6.07) is 2.26. The molecule has 7 heteroatoms. The molecule has 0 atom stereocenters. The van der Waals surface area contributed by atoms with Crippen LogP contribution in [0.1, 0.15) is 0 Å². The zero-order chi connectivity index (χ0) is 10.9. The maximum Gasteiger partial charge on any atom is 0.296 e. The van der Waals surface area contributed by atoms with Gasteiger partial charge in [0.15, 0.2) is 0 Å². The molecule has 0 fully saturated rings. The largest absolute Gasteiger partial charge is 0.495 e. The van der Waals surface area contributed by atoms with E-state index in [1.807, 2.05) is 0 Å². The molecule has 1 aromatic rings. The number of ether oxygens (including phenoxy) is 1. The third kappa shape index (κ3) is 2.09. The summed E-state index contributed by atoms with van der Waals surface area (Å²) in [5, 5.41) is -0.140. The van der Waals surface area contributed by atoms with E-state index in [0.29, 0.717) is 0 Å². The Morgan fingerprint density at radius 2 is 2.07 bits per heavy atom. The van der Waals surface area contributed by atoms with Gasteiger partial charge in [-0.15, -0.1) is 0 Å². The third-order valence-electron chi connectivity index (χ3n) is 1.56. The monoisotopic (exact) mass is 237 g/mol. The van der Waals surface area contributed by atoms with Crippen LogP contribution in [0.15, 0.2) is 17.0 Å². The summed E-state index contributed by atoms with van der Waals surface area (Å²) in [6.45, 7) is 0. The molecule has 0 saturated carbocycles. The zero-order valence-corrected chi connectivity index (χ0v) is 8.76. The van der Waals surface area contributed by atoms with E-state index in [0.717, 1.165) is 6.07 Å². The lowest BCUT2D eigenvalue weighted by Gasteiger charge is -2.07. The Bertz CT molecular complexity index is 457. The number of methoxy groups -OCH3 is 1. The smallest absolute Gasteiger partial charge is 0.296 e. The molecule has 3 N–H and O–H groups in total. The molecule has 14 heavy (non-hydrogen) atoms. The van der Waals surface area contributed by atoms with Gasteiger partial charge in [0, 0.05) is 6.07 Å². The molecular formula is C7H8ClNO4S. The minimum Gasteiger partial charge on any atom is -0.495 e. The highest BCUT2D eigenvalue weighted by molar-refractivity contribution is 7.86. The van der Waals surface area contributed by atoms with E-state index in [1.165, 1.54) is 13.2 Å². The van der Waals surface area contributed by atoms with Crippen LogP contribution in [0.2, 0.25) is 5.02 Å². The number of halogens is 1. The second-order valence-electron chi connectivity index (χ2n) is 2.50. The predicted molar refractivity (Wildman–Crippen MR) is 52.2 cm³/mol. The normalized spacial score (nSPS) is 11.4. The van der Waals surface area contributed by atoms with Crippen molar-refractivity contribution in [2.75, 3.05) is 12.8 Å². The molecule has 0 heterocycles. The van der Waals surface area contributed by atoms with Gasteiger partial charge in [-0.05, 0) is 6.07 Å². The van der Waals surface area contributed by atoms with Gasteiger partial charge in [-0.2, -0.15) is 8.42 Å². The number of nitrogens with two attached hydrogens (primary N) is 1. The average molecular weight is 238 g/mol. The summed E-state index contributed by atoms with van der Waals surface area (Å²) in [4.78, 5) is -0.433. The van der Waals surface area contributed by atoms with Gasteiger partial charge in [-0.3, -0.25) is 4.55 Å². The Morgan fingerprint density at radius 3 is 2.50 bits per heavy atom. The van der Waals surface area contributed by atoms with E-state index in [2.05, 4.69) is 0 Å². The van der Waals surface area contributed by atoms with Crippen LogP contribution in [0.5, 0.6) is 5.75 Å². The quantitative estimate of drug-likeness (QED) is 0.595. The van der Waals surface area contributed by atoms with Crippen molar-refractivity contribution < 1.29 is 17.7 Å². The number of hydrogen-bond donors (Lipinski definition) is 2. The number of benzene rings is 1. The van der Waals surface area contributed by atoms with Crippen molar-refractivity contribution >= 4 is 27.4 Å². The molecule has 0 aliphatic carbocycles. The molecule has 5 nitrogen and oxygen atoms in total. The first-order valence-electron chi connectivity index (χ1n) is 3.46. The Morgan fingerprint density at radius 1 is 1.50 bits per heavy atom. The fourth-order valence-electron chi connectivity index (χ4n) is 0.925. The summed E-state index contributed by atoms with van der Waals surface area (Å²) in [6.07, 6.45) is 0. The summed E-state index contributed by atoms with van der Waals surface area (Å²) >= 11 is 5.59. The van der Waals surface area contributed by atoms with Crippen molar-refractivity contribution in [3.63, 3.8) is 0 Å². The molecule has 1 aromatic carbocycles. The minimum atomic E-state index is -4.35. The number of hydrogen-bond acceptors (Lipinski definition) is 4. The average Bonchev–Trinajstić information content (AvgIpc) is 2.06. The molecule has 0 amide bonds. The highest BCUT2D eigenvalue weighted by atomic mass is 35.5. The fourth-order valence-corrected chi connectivity index (χ4v) is 1.95. The van der Waals surface area contributed by atoms with Crippen molar-refractivity contribution in [1.29, 1.82) is 0 Å². The lowest BCUT2D eigenvalue weighted by molar-refractivity contribution is 0.416. The van der Waals surface area contributed by atoms with Gasteiger partial charge < -0.3 is 10.5 Å². The van der Waals surface area contributed by atoms with Crippen LogP contribution in [-0.4, -0.2) is 20.1 Å². The minimum absolute atomic E-state index is 0.0875. The van der Waals surface area contributed by atoms with E-state index in [9.17, 15) is 8.42 Å². The molecule has 1 rings (SSSR count). The topological polar surface area (TPSA) is 89.6 Å². The van der Waals surface area contributed by atoms with Crippen LogP contribution >= 0.6 is 11.6 Å².